The summed E-state index contributed by atoms with van der Waals surface area (Å²) in [5, 5.41) is 0. The minimum atomic E-state index is -0.111. The Morgan fingerprint density at radius 3 is 2.40 bits per heavy atom. The molecule has 0 saturated carbocycles. The van der Waals surface area contributed by atoms with Gasteiger partial charge in [-0.05, 0) is 52.1 Å². The van der Waals surface area contributed by atoms with Gasteiger partial charge in [-0.1, -0.05) is 0 Å². The van der Waals surface area contributed by atoms with E-state index in [2.05, 4.69) is 11.8 Å². The molecule has 0 spiro atoms. The molecular weight excluding hydrogens is 256 g/mol. The molecule has 114 valence electrons. The lowest BCUT2D eigenvalue weighted by Gasteiger charge is -2.36. The van der Waals surface area contributed by atoms with Crippen LogP contribution in [0.4, 0.5) is 0 Å². The molecule has 1 amide bonds. The van der Waals surface area contributed by atoms with Crippen molar-refractivity contribution in [1.29, 1.82) is 0 Å². The summed E-state index contributed by atoms with van der Waals surface area (Å²) in [7, 11) is 1.44. The van der Waals surface area contributed by atoms with Crippen LogP contribution in [0.1, 0.15) is 39.0 Å². The third-order valence-electron chi connectivity index (χ3n) is 4.60. The summed E-state index contributed by atoms with van der Waals surface area (Å²) in [4.78, 5) is 28.0. The van der Waals surface area contributed by atoms with Crippen LogP contribution in [-0.2, 0) is 14.3 Å². The summed E-state index contributed by atoms with van der Waals surface area (Å²) in [5.41, 5.74) is 0. The first-order valence-corrected chi connectivity index (χ1v) is 7.71. The molecule has 0 aromatic heterocycles. The minimum Gasteiger partial charge on any atom is -0.469 e. The topological polar surface area (TPSA) is 49.9 Å². The molecule has 0 aliphatic carbocycles. The first kappa shape index (κ1) is 15.3. The van der Waals surface area contributed by atoms with Crippen molar-refractivity contribution in [1.82, 2.24) is 9.80 Å². The molecule has 2 fully saturated rings. The van der Waals surface area contributed by atoms with Crippen LogP contribution in [0, 0.1) is 5.92 Å². The molecule has 0 bridgehead atoms. The lowest BCUT2D eigenvalue weighted by molar-refractivity contribution is -0.147. The van der Waals surface area contributed by atoms with Crippen molar-refractivity contribution < 1.29 is 14.3 Å². The van der Waals surface area contributed by atoms with E-state index >= 15 is 0 Å². The van der Waals surface area contributed by atoms with Crippen LogP contribution in [-0.4, -0.2) is 61.0 Å². The Morgan fingerprint density at radius 2 is 1.80 bits per heavy atom. The smallest absolute Gasteiger partial charge is 0.308 e. The van der Waals surface area contributed by atoms with E-state index in [4.69, 9.17) is 4.74 Å². The highest BCUT2D eigenvalue weighted by atomic mass is 16.5. The fourth-order valence-corrected chi connectivity index (χ4v) is 3.24. The van der Waals surface area contributed by atoms with Crippen molar-refractivity contribution in [2.45, 2.75) is 45.1 Å². The molecule has 2 aliphatic heterocycles. The van der Waals surface area contributed by atoms with Crippen LogP contribution >= 0.6 is 0 Å². The summed E-state index contributed by atoms with van der Waals surface area (Å²) >= 11 is 0. The van der Waals surface area contributed by atoms with Crippen LogP contribution in [0.3, 0.4) is 0 Å². The van der Waals surface area contributed by atoms with E-state index in [0.717, 1.165) is 45.3 Å². The molecule has 0 aromatic carbocycles. The van der Waals surface area contributed by atoms with E-state index in [1.54, 1.807) is 0 Å². The molecule has 5 nitrogen and oxygen atoms in total. The van der Waals surface area contributed by atoms with Gasteiger partial charge >= 0.3 is 5.97 Å². The summed E-state index contributed by atoms with van der Waals surface area (Å²) in [5.74, 6) is 0.148. The maximum absolute atomic E-state index is 12.3. The standard InChI is InChI=1S/C15H26N2O3/c1-12-5-3-4-8-17(12)14(18)11-16-9-6-13(7-10-16)15(19)20-2/h12-13H,3-11H2,1-2H3. The summed E-state index contributed by atoms with van der Waals surface area (Å²) in [6.07, 6.45) is 5.08. The molecule has 2 aliphatic rings. The van der Waals surface area contributed by atoms with Gasteiger partial charge in [-0.2, -0.15) is 0 Å². The number of ether oxygens (including phenoxy) is 1. The fraction of sp³-hybridized carbons (Fsp3) is 0.867. The number of amides is 1. The summed E-state index contributed by atoms with van der Waals surface area (Å²) in [6.45, 7) is 5.17. The maximum atomic E-state index is 12.3. The molecule has 2 saturated heterocycles. The number of methoxy groups -OCH3 is 1. The Balaban J connectivity index is 1.77. The van der Waals surface area contributed by atoms with Gasteiger partial charge in [0.05, 0.1) is 19.6 Å². The number of likely N-dealkylation sites (tertiary alicyclic amines) is 2. The lowest BCUT2D eigenvalue weighted by atomic mass is 9.97. The van der Waals surface area contributed by atoms with Crippen LogP contribution in [0.25, 0.3) is 0 Å². The third-order valence-corrected chi connectivity index (χ3v) is 4.60. The molecule has 2 rings (SSSR count). The Bertz CT molecular complexity index is 351. The zero-order valence-corrected chi connectivity index (χ0v) is 12.6. The van der Waals surface area contributed by atoms with Crippen molar-refractivity contribution in [2.24, 2.45) is 5.92 Å². The van der Waals surface area contributed by atoms with Crippen molar-refractivity contribution in [3.05, 3.63) is 0 Å². The Kier molecular flexibility index (Phi) is 5.40. The van der Waals surface area contributed by atoms with E-state index < -0.39 is 0 Å². The highest BCUT2D eigenvalue weighted by Gasteiger charge is 2.29. The molecule has 0 radical (unpaired) electrons. The second-order valence-electron chi connectivity index (χ2n) is 6.01. The number of hydrogen-bond donors (Lipinski definition) is 0. The van der Waals surface area contributed by atoms with Crippen molar-refractivity contribution in [3.63, 3.8) is 0 Å². The van der Waals surface area contributed by atoms with E-state index in [9.17, 15) is 9.59 Å². The molecule has 1 unspecified atom stereocenters. The second kappa shape index (κ2) is 7.07. The number of rotatable bonds is 3. The molecule has 0 N–H and O–H groups in total. The number of piperidine rings is 2. The van der Waals surface area contributed by atoms with E-state index in [0.29, 0.717) is 12.6 Å². The number of esters is 1. The van der Waals surface area contributed by atoms with E-state index in [-0.39, 0.29) is 17.8 Å². The first-order chi connectivity index (χ1) is 9.61. The van der Waals surface area contributed by atoms with Crippen LogP contribution < -0.4 is 0 Å². The van der Waals surface area contributed by atoms with Crippen molar-refractivity contribution in [3.8, 4) is 0 Å². The summed E-state index contributed by atoms with van der Waals surface area (Å²) in [6, 6.07) is 0.379. The van der Waals surface area contributed by atoms with Gasteiger partial charge in [0.15, 0.2) is 0 Å². The van der Waals surface area contributed by atoms with E-state index in [1.807, 2.05) is 4.90 Å². The van der Waals surface area contributed by atoms with Gasteiger partial charge in [0.25, 0.3) is 0 Å². The van der Waals surface area contributed by atoms with Crippen LogP contribution in [0.15, 0.2) is 0 Å². The first-order valence-electron chi connectivity index (χ1n) is 7.71. The van der Waals surface area contributed by atoms with Gasteiger partial charge in [0.2, 0.25) is 5.91 Å². The van der Waals surface area contributed by atoms with Crippen molar-refractivity contribution in [2.75, 3.05) is 33.3 Å². The number of carbonyl (C=O) groups excluding carboxylic acids is 2. The molecule has 5 heteroatoms. The molecular formula is C15H26N2O3. The molecule has 2 heterocycles. The maximum Gasteiger partial charge on any atom is 0.308 e. The largest absolute Gasteiger partial charge is 0.469 e. The van der Waals surface area contributed by atoms with Gasteiger partial charge in [0, 0.05) is 12.6 Å². The van der Waals surface area contributed by atoms with Gasteiger partial charge in [0.1, 0.15) is 0 Å². The van der Waals surface area contributed by atoms with Gasteiger partial charge in [-0.3, -0.25) is 14.5 Å². The monoisotopic (exact) mass is 282 g/mol. The Labute approximate surface area is 121 Å². The normalized spacial score (nSPS) is 25.5. The fourth-order valence-electron chi connectivity index (χ4n) is 3.24. The second-order valence-corrected chi connectivity index (χ2v) is 6.01. The van der Waals surface area contributed by atoms with Crippen LogP contribution in [0.2, 0.25) is 0 Å². The number of carbonyl (C=O) groups is 2. The lowest BCUT2D eigenvalue weighted by Crippen LogP contribution is -2.48. The number of nitrogens with zero attached hydrogens (tertiary/aromatic N) is 2. The zero-order valence-electron chi connectivity index (χ0n) is 12.6. The predicted molar refractivity (Wildman–Crippen MR) is 76.2 cm³/mol. The number of hydrogen-bond acceptors (Lipinski definition) is 4. The zero-order chi connectivity index (χ0) is 14.5. The summed E-state index contributed by atoms with van der Waals surface area (Å²) < 4.78 is 4.78. The Hall–Kier alpha value is -1.10. The van der Waals surface area contributed by atoms with E-state index in [1.165, 1.54) is 13.5 Å². The predicted octanol–water partition coefficient (Wildman–Crippen LogP) is 1.27. The van der Waals surface area contributed by atoms with Gasteiger partial charge < -0.3 is 9.64 Å². The minimum absolute atomic E-state index is 0.0141. The average Bonchev–Trinajstić information content (AvgIpc) is 2.47. The van der Waals surface area contributed by atoms with Gasteiger partial charge in [-0.15, -0.1) is 0 Å². The third kappa shape index (κ3) is 3.72. The average molecular weight is 282 g/mol. The Morgan fingerprint density at radius 1 is 1.10 bits per heavy atom. The molecule has 0 aromatic rings. The van der Waals surface area contributed by atoms with Gasteiger partial charge in [-0.25, -0.2) is 0 Å². The SMILES string of the molecule is COC(=O)C1CCN(CC(=O)N2CCCCC2C)CC1. The van der Waals surface area contributed by atoms with Crippen LogP contribution in [0.5, 0.6) is 0 Å². The highest BCUT2D eigenvalue weighted by molar-refractivity contribution is 5.78. The quantitative estimate of drug-likeness (QED) is 0.732. The van der Waals surface area contributed by atoms with Crippen molar-refractivity contribution >= 4 is 11.9 Å². The highest BCUT2D eigenvalue weighted by Crippen LogP contribution is 2.20. The molecule has 1 atom stereocenters. The molecule has 20 heavy (non-hydrogen) atoms.